The third-order valence-corrected chi connectivity index (χ3v) is 5.84. The maximum absolute atomic E-state index is 13.1. The van der Waals surface area contributed by atoms with Gasteiger partial charge in [0.05, 0.1) is 22.7 Å². The summed E-state index contributed by atoms with van der Waals surface area (Å²) in [6.45, 7) is 1.89. The number of aryl methyl sites for hydroxylation is 1. The van der Waals surface area contributed by atoms with Crippen LogP contribution in [0.1, 0.15) is 28.8 Å². The van der Waals surface area contributed by atoms with Crippen LogP contribution in [-0.2, 0) is 9.59 Å². The molecule has 0 spiro atoms. The number of phenolic OH excluding ortho intramolecular Hbond substituents is 1. The Hall–Kier alpha value is -4.56. The molecule has 0 aliphatic heterocycles. The minimum atomic E-state index is -1.05. The highest BCUT2D eigenvalue weighted by molar-refractivity contribution is 6.34. The molecule has 0 aromatic heterocycles. The van der Waals surface area contributed by atoms with Gasteiger partial charge in [0.2, 0.25) is 5.91 Å². The van der Waals surface area contributed by atoms with Gasteiger partial charge in [-0.1, -0.05) is 41.9 Å². The lowest BCUT2D eigenvalue weighted by atomic mass is 10.0. The van der Waals surface area contributed by atoms with Gasteiger partial charge in [0, 0.05) is 22.9 Å². The van der Waals surface area contributed by atoms with E-state index in [9.17, 15) is 19.5 Å². The van der Waals surface area contributed by atoms with Crippen molar-refractivity contribution in [3.8, 4) is 17.2 Å². The van der Waals surface area contributed by atoms with Gasteiger partial charge in [-0.05, 0) is 55.0 Å². The molecule has 0 heterocycles. The average Bonchev–Trinajstić information content (AvgIpc) is 2.87. The Morgan fingerprint density at radius 3 is 2.27 bits per heavy atom. The molecule has 4 rings (SSSR count). The quantitative estimate of drug-likeness (QED) is 0.215. The highest BCUT2D eigenvalue weighted by atomic mass is 35.5. The highest BCUT2D eigenvalue weighted by Crippen LogP contribution is 2.39. The number of rotatable bonds is 8. The number of carboxylic acids is 1. The number of fused-ring (bicyclic) bond motifs is 1. The molecule has 4 aromatic carbocycles. The first-order chi connectivity index (χ1) is 17.7. The Labute approximate surface area is 217 Å². The van der Waals surface area contributed by atoms with Gasteiger partial charge in [0.25, 0.3) is 5.91 Å². The van der Waals surface area contributed by atoms with Crippen molar-refractivity contribution in [1.82, 2.24) is 0 Å². The van der Waals surface area contributed by atoms with Gasteiger partial charge in [-0.25, -0.2) is 0 Å². The number of aromatic hydroxyl groups is 1. The third-order valence-electron chi connectivity index (χ3n) is 5.53. The number of amides is 2. The molecule has 0 aliphatic carbocycles. The highest BCUT2D eigenvalue weighted by Gasteiger charge is 2.19. The first kappa shape index (κ1) is 25.5. The van der Waals surface area contributed by atoms with Crippen LogP contribution in [0.4, 0.5) is 11.4 Å². The van der Waals surface area contributed by atoms with Crippen LogP contribution in [-0.4, -0.2) is 28.0 Å². The number of hydrogen-bond donors (Lipinski definition) is 4. The first-order valence-corrected chi connectivity index (χ1v) is 11.7. The van der Waals surface area contributed by atoms with Gasteiger partial charge in [0.1, 0.15) is 17.2 Å². The number of phenols is 1. The van der Waals surface area contributed by atoms with Gasteiger partial charge in [-0.3, -0.25) is 14.4 Å². The van der Waals surface area contributed by atoms with Gasteiger partial charge in [-0.2, -0.15) is 0 Å². The van der Waals surface area contributed by atoms with E-state index in [0.29, 0.717) is 38.7 Å². The summed E-state index contributed by atoms with van der Waals surface area (Å²) in [5.41, 5.74) is 1.84. The van der Waals surface area contributed by atoms with Crippen molar-refractivity contribution in [2.24, 2.45) is 0 Å². The van der Waals surface area contributed by atoms with E-state index >= 15 is 0 Å². The van der Waals surface area contributed by atoms with Crippen molar-refractivity contribution in [2.45, 2.75) is 19.8 Å². The number of nitrogens with one attached hydrogen (secondary N) is 2. The van der Waals surface area contributed by atoms with Crippen LogP contribution in [0.3, 0.4) is 0 Å². The minimum Gasteiger partial charge on any atom is -0.506 e. The Morgan fingerprint density at radius 2 is 1.59 bits per heavy atom. The Bertz CT molecular complexity index is 1500. The van der Waals surface area contributed by atoms with Gasteiger partial charge in [0.15, 0.2) is 0 Å². The summed E-state index contributed by atoms with van der Waals surface area (Å²) in [6.07, 6.45) is -0.390. The summed E-state index contributed by atoms with van der Waals surface area (Å²) < 4.78 is 6.06. The van der Waals surface area contributed by atoms with Crippen molar-refractivity contribution in [3.05, 3.63) is 88.9 Å². The fourth-order valence-electron chi connectivity index (χ4n) is 3.67. The monoisotopic (exact) mass is 518 g/mol. The smallest absolute Gasteiger partial charge is 0.303 e. The number of halogens is 1. The molecule has 0 fully saturated rings. The fraction of sp³-hybridized carbons (Fsp3) is 0.107. The molecular weight excluding hydrogens is 496 g/mol. The summed E-state index contributed by atoms with van der Waals surface area (Å²) in [7, 11) is 0. The summed E-state index contributed by atoms with van der Waals surface area (Å²) in [5.74, 6) is -1.44. The van der Waals surface area contributed by atoms with Crippen molar-refractivity contribution >= 4 is 51.5 Å². The van der Waals surface area contributed by atoms with Crippen molar-refractivity contribution in [2.75, 3.05) is 10.6 Å². The van der Waals surface area contributed by atoms with Crippen molar-refractivity contribution < 1.29 is 29.3 Å². The molecule has 188 valence electrons. The first-order valence-electron chi connectivity index (χ1n) is 11.3. The van der Waals surface area contributed by atoms with Crippen LogP contribution in [0.25, 0.3) is 10.8 Å². The van der Waals surface area contributed by atoms with E-state index in [4.69, 9.17) is 21.4 Å². The Morgan fingerprint density at radius 1 is 0.892 bits per heavy atom. The zero-order chi connectivity index (χ0) is 26.5. The van der Waals surface area contributed by atoms with E-state index in [0.717, 1.165) is 5.56 Å². The molecule has 0 unspecified atom stereocenters. The second kappa shape index (κ2) is 11.0. The normalized spacial score (nSPS) is 10.6. The standard InChI is InChI=1S/C28H23ClN2O6/c1-16-6-11-23(22(29)14-16)31-28(36)21-15-24(19-4-2-3-5-20(19)27(21)35)37-18-9-7-17(8-10-18)30-25(32)12-13-26(33)34/h2-11,14-15,35H,12-13H2,1H3,(H,30,32)(H,31,36)(H,33,34). The molecular formula is C28H23ClN2O6. The Balaban J connectivity index is 1.59. The number of ether oxygens (including phenoxy) is 1. The molecule has 0 saturated heterocycles. The Kier molecular flexibility index (Phi) is 7.60. The molecule has 0 bridgehead atoms. The predicted octanol–water partition coefficient (Wildman–Crippen LogP) is 6.36. The van der Waals surface area contributed by atoms with Gasteiger partial charge < -0.3 is 25.6 Å². The molecule has 4 N–H and O–H groups in total. The second-order valence-corrected chi connectivity index (χ2v) is 8.73. The van der Waals surface area contributed by atoms with Crippen molar-refractivity contribution in [1.29, 1.82) is 0 Å². The van der Waals surface area contributed by atoms with Gasteiger partial charge >= 0.3 is 5.97 Å². The number of carbonyl (C=O) groups is 3. The van der Waals surface area contributed by atoms with E-state index in [-0.39, 0.29) is 24.2 Å². The minimum absolute atomic E-state index is 0.00709. The maximum Gasteiger partial charge on any atom is 0.303 e. The molecule has 9 heteroatoms. The number of carboxylic acid groups (broad SMARTS) is 1. The van der Waals surface area contributed by atoms with E-state index in [2.05, 4.69) is 10.6 Å². The molecule has 37 heavy (non-hydrogen) atoms. The lowest BCUT2D eigenvalue weighted by Gasteiger charge is -2.15. The molecule has 2 amide bonds. The van der Waals surface area contributed by atoms with Crippen LogP contribution in [0, 0.1) is 6.92 Å². The number of anilines is 2. The number of carbonyl (C=O) groups excluding carboxylic acids is 2. The van der Waals surface area contributed by atoms with Crippen LogP contribution in [0.15, 0.2) is 72.8 Å². The summed E-state index contributed by atoms with van der Waals surface area (Å²) >= 11 is 6.26. The largest absolute Gasteiger partial charge is 0.506 e. The number of aliphatic carboxylic acids is 1. The van der Waals surface area contributed by atoms with E-state index in [1.54, 1.807) is 60.7 Å². The lowest BCUT2D eigenvalue weighted by Crippen LogP contribution is -2.13. The van der Waals surface area contributed by atoms with Crippen LogP contribution in [0.2, 0.25) is 5.02 Å². The SMILES string of the molecule is Cc1ccc(NC(=O)c2cc(Oc3ccc(NC(=O)CCC(=O)O)cc3)c3ccccc3c2O)c(Cl)c1. The predicted molar refractivity (Wildman–Crippen MR) is 142 cm³/mol. The van der Waals surface area contributed by atoms with Crippen LogP contribution >= 0.6 is 11.6 Å². The molecule has 0 aliphatic rings. The molecule has 8 nitrogen and oxygen atoms in total. The van der Waals surface area contributed by atoms with E-state index in [1.807, 2.05) is 13.0 Å². The molecule has 0 atom stereocenters. The van der Waals surface area contributed by atoms with Crippen LogP contribution in [0.5, 0.6) is 17.2 Å². The van der Waals surface area contributed by atoms with E-state index in [1.165, 1.54) is 6.07 Å². The fourth-order valence-corrected chi connectivity index (χ4v) is 3.96. The zero-order valence-electron chi connectivity index (χ0n) is 19.7. The zero-order valence-corrected chi connectivity index (χ0v) is 20.5. The second-order valence-electron chi connectivity index (χ2n) is 8.32. The average molecular weight is 519 g/mol. The number of hydrogen-bond acceptors (Lipinski definition) is 5. The molecule has 0 radical (unpaired) electrons. The summed E-state index contributed by atoms with van der Waals surface area (Å²) in [5, 5.41) is 26.3. The maximum atomic E-state index is 13.1. The molecule has 0 saturated carbocycles. The van der Waals surface area contributed by atoms with Crippen LogP contribution < -0.4 is 15.4 Å². The summed E-state index contributed by atoms with van der Waals surface area (Å²) in [6, 6.07) is 20.1. The topological polar surface area (TPSA) is 125 Å². The summed E-state index contributed by atoms with van der Waals surface area (Å²) in [4.78, 5) is 35.6. The van der Waals surface area contributed by atoms with Crippen molar-refractivity contribution in [3.63, 3.8) is 0 Å². The molecule has 4 aromatic rings. The van der Waals surface area contributed by atoms with E-state index < -0.39 is 17.8 Å². The third kappa shape index (κ3) is 6.17. The van der Waals surface area contributed by atoms with Gasteiger partial charge in [-0.15, -0.1) is 0 Å². The number of benzene rings is 4. The lowest BCUT2D eigenvalue weighted by molar-refractivity contribution is -0.138.